The van der Waals surface area contributed by atoms with Crippen LogP contribution in [0.2, 0.25) is 5.02 Å². The maximum Gasteiger partial charge on any atom is 0.286 e. The highest BCUT2D eigenvalue weighted by Gasteiger charge is 2.42. The molecule has 5 atom stereocenters. The standard InChI is InChI=1S/C38H48ClN5O5S/c1-5-27-23-44-24-38(17-9-10-28-20-30(39)13-14-32(28)38)25-49-35-15-12-29(21-33(35)44)37(46)42-50(47,19-8-6-7-11-34(48-4)26(27)2)41-36(45)22-31-16-18-40-43(31)3/h7,11-16,18,20-21,26-27,34H,5-6,8-10,17,19,22-25H2,1-4H3,(H,41,42,45,46,47)/b11-7+/t26-,27+,34+,38+,50?/m1/s1. The molecule has 12 heteroatoms. The van der Waals surface area contributed by atoms with Gasteiger partial charge in [0.15, 0.2) is 0 Å². The fourth-order valence-corrected chi connectivity index (χ4v) is 9.61. The van der Waals surface area contributed by atoms with Crippen LogP contribution in [-0.4, -0.2) is 64.5 Å². The Hall–Kier alpha value is -3.67. The summed E-state index contributed by atoms with van der Waals surface area (Å²) in [6.45, 7) is 6.37. The van der Waals surface area contributed by atoms with Gasteiger partial charge in [-0.05, 0) is 91.5 Å². The smallest absolute Gasteiger partial charge is 0.286 e. The average Bonchev–Trinajstić information content (AvgIpc) is 3.42. The molecule has 1 spiro atoms. The fourth-order valence-electron chi connectivity index (χ4n) is 7.82. The van der Waals surface area contributed by atoms with Crippen molar-refractivity contribution < 1.29 is 23.3 Å². The zero-order chi connectivity index (χ0) is 35.5. The van der Waals surface area contributed by atoms with Crippen LogP contribution in [0.3, 0.4) is 0 Å². The number of fused-ring (bicyclic) bond motifs is 3. The molecule has 2 aromatic carbocycles. The highest BCUT2D eigenvalue weighted by atomic mass is 35.5. The second kappa shape index (κ2) is 15.3. The third-order valence-corrected chi connectivity index (χ3v) is 12.8. The van der Waals surface area contributed by atoms with Crippen LogP contribution in [0.5, 0.6) is 5.75 Å². The number of amides is 2. The molecule has 10 nitrogen and oxygen atoms in total. The summed E-state index contributed by atoms with van der Waals surface area (Å²) in [7, 11) is 0.0311. The van der Waals surface area contributed by atoms with Gasteiger partial charge in [0.1, 0.15) is 15.7 Å². The van der Waals surface area contributed by atoms with Crippen molar-refractivity contribution in [3.8, 4) is 5.75 Å². The van der Waals surface area contributed by atoms with Gasteiger partial charge in [-0.3, -0.25) is 19.0 Å². The van der Waals surface area contributed by atoms with Gasteiger partial charge in [-0.1, -0.05) is 50.1 Å². The molecular formula is C38H48ClN5O5S. The van der Waals surface area contributed by atoms with E-state index in [1.54, 1.807) is 37.2 Å². The van der Waals surface area contributed by atoms with Gasteiger partial charge in [-0.15, -0.1) is 4.36 Å². The number of methoxy groups -OCH3 is 1. The van der Waals surface area contributed by atoms with Crippen molar-refractivity contribution in [2.45, 2.75) is 70.3 Å². The van der Waals surface area contributed by atoms with E-state index in [1.165, 1.54) is 11.1 Å². The topological polar surface area (TPSA) is 115 Å². The number of aryl methyl sites for hydroxylation is 2. The highest BCUT2D eigenvalue weighted by molar-refractivity contribution is 7.92. The van der Waals surface area contributed by atoms with Gasteiger partial charge >= 0.3 is 0 Å². The Labute approximate surface area is 300 Å². The Morgan fingerprint density at radius 1 is 1.20 bits per heavy atom. The van der Waals surface area contributed by atoms with Crippen molar-refractivity contribution in [1.82, 2.24) is 14.5 Å². The van der Waals surface area contributed by atoms with Crippen LogP contribution >= 0.6 is 11.6 Å². The Bertz CT molecular complexity index is 1880. The van der Waals surface area contributed by atoms with E-state index in [4.69, 9.17) is 21.1 Å². The molecule has 6 rings (SSSR count). The number of nitrogens with zero attached hydrogens (tertiary/aromatic N) is 4. The third kappa shape index (κ3) is 7.80. The van der Waals surface area contributed by atoms with Crippen molar-refractivity contribution in [2.75, 3.05) is 37.5 Å². The number of rotatable bonds is 5. The molecule has 3 aliphatic rings. The molecule has 1 unspecified atom stereocenters. The molecule has 3 heterocycles. The lowest BCUT2D eigenvalue weighted by molar-refractivity contribution is -0.118. The zero-order valence-corrected chi connectivity index (χ0v) is 31.0. The first-order valence-corrected chi connectivity index (χ1v) is 19.7. The first kappa shape index (κ1) is 36.1. The second-order valence-corrected chi connectivity index (χ2v) is 16.5. The normalized spacial score (nSPS) is 27.8. The van der Waals surface area contributed by atoms with E-state index in [0.29, 0.717) is 43.0 Å². The summed E-state index contributed by atoms with van der Waals surface area (Å²) in [4.78, 5) is 29.4. The molecule has 1 aliphatic carbocycles. The lowest BCUT2D eigenvalue weighted by Gasteiger charge is -2.42. The summed E-state index contributed by atoms with van der Waals surface area (Å²) in [6, 6.07) is 13.3. The molecule has 1 aromatic heterocycles. The Balaban J connectivity index is 1.42. The van der Waals surface area contributed by atoms with Crippen molar-refractivity contribution >= 4 is 39.0 Å². The van der Waals surface area contributed by atoms with Crippen LogP contribution in [0.4, 0.5) is 5.69 Å². The van der Waals surface area contributed by atoms with Crippen LogP contribution in [0.15, 0.2) is 65.2 Å². The number of allylic oxidation sites excluding steroid dienone is 1. The van der Waals surface area contributed by atoms with Crippen molar-refractivity contribution in [1.29, 1.82) is 0 Å². The minimum Gasteiger partial charge on any atom is -0.490 e. The number of anilines is 1. The Kier molecular flexibility index (Phi) is 11.0. The van der Waals surface area contributed by atoms with E-state index < -0.39 is 21.7 Å². The summed E-state index contributed by atoms with van der Waals surface area (Å²) in [6.07, 6.45) is 10.5. The van der Waals surface area contributed by atoms with Gasteiger partial charge in [0.25, 0.3) is 5.91 Å². The molecule has 0 saturated carbocycles. The summed E-state index contributed by atoms with van der Waals surface area (Å²) >= 11 is 6.46. The van der Waals surface area contributed by atoms with Gasteiger partial charge in [0.05, 0.1) is 30.6 Å². The lowest BCUT2D eigenvalue weighted by atomic mass is 9.70. The molecule has 50 heavy (non-hydrogen) atoms. The number of ether oxygens (including phenoxy) is 2. The van der Waals surface area contributed by atoms with E-state index in [0.717, 1.165) is 42.9 Å². The second-order valence-electron chi connectivity index (χ2n) is 14.0. The molecular weight excluding hydrogens is 674 g/mol. The van der Waals surface area contributed by atoms with E-state index in [-0.39, 0.29) is 35.5 Å². The number of carbonyl (C=O) groups excluding carboxylic acids is 2. The molecule has 3 aromatic rings. The van der Waals surface area contributed by atoms with Gasteiger partial charge in [0, 0.05) is 55.1 Å². The minimum atomic E-state index is -3.45. The number of nitrogens with one attached hydrogen (secondary N) is 1. The number of carbonyl (C=O) groups is 2. The van der Waals surface area contributed by atoms with E-state index in [1.807, 2.05) is 24.3 Å². The summed E-state index contributed by atoms with van der Waals surface area (Å²) in [5.41, 5.74) is 4.00. The van der Waals surface area contributed by atoms with E-state index >= 15 is 0 Å². The van der Waals surface area contributed by atoms with Gasteiger partial charge in [-0.25, -0.2) is 4.21 Å². The fraction of sp³-hybridized carbons (Fsp3) is 0.500. The predicted molar refractivity (Wildman–Crippen MR) is 197 cm³/mol. The van der Waals surface area contributed by atoms with Gasteiger partial charge in [-0.2, -0.15) is 5.10 Å². The molecule has 2 bridgehead atoms. The van der Waals surface area contributed by atoms with Crippen LogP contribution in [0, 0.1) is 11.8 Å². The molecule has 0 saturated heterocycles. The van der Waals surface area contributed by atoms with Crippen molar-refractivity contribution in [2.24, 2.45) is 23.2 Å². The van der Waals surface area contributed by atoms with Crippen LogP contribution in [-0.2, 0) is 44.8 Å². The number of halogens is 1. The number of aromatic nitrogens is 2. The van der Waals surface area contributed by atoms with E-state index in [2.05, 4.69) is 51.1 Å². The molecule has 0 fully saturated rings. The monoisotopic (exact) mass is 721 g/mol. The number of benzene rings is 2. The van der Waals surface area contributed by atoms with Crippen molar-refractivity contribution in [3.63, 3.8) is 0 Å². The van der Waals surface area contributed by atoms with Crippen LogP contribution < -0.4 is 14.4 Å². The maximum absolute atomic E-state index is 14.3. The quantitative estimate of drug-likeness (QED) is 0.301. The minimum absolute atomic E-state index is 0.0249. The summed E-state index contributed by atoms with van der Waals surface area (Å²) in [5, 5.41) is 4.85. The van der Waals surface area contributed by atoms with E-state index in [9.17, 15) is 13.8 Å². The Morgan fingerprint density at radius 2 is 2.04 bits per heavy atom. The van der Waals surface area contributed by atoms with Gasteiger partial charge < -0.3 is 14.4 Å². The first-order valence-electron chi connectivity index (χ1n) is 17.6. The summed E-state index contributed by atoms with van der Waals surface area (Å²) < 4.78 is 35.4. The molecule has 268 valence electrons. The third-order valence-electron chi connectivity index (χ3n) is 10.7. The first-order chi connectivity index (χ1) is 24.0. The molecule has 1 N–H and O–H groups in total. The van der Waals surface area contributed by atoms with Crippen LogP contribution in [0.1, 0.15) is 73.1 Å². The predicted octanol–water partition coefficient (Wildman–Crippen LogP) is 6.46. The maximum atomic E-state index is 14.3. The summed E-state index contributed by atoms with van der Waals surface area (Å²) in [5.74, 6) is 0.0441. The van der Waals surface area contributed by atoms with Crippen LogP contribution in [0.25, 0.3) is 0 Å². The SMILES string of the molecule is CC[C@H]1CN2C[C@@]3(CCCc4cc(Cl)ccc43)COc3ccc(cc32)C(=O)N=S(=O)(NC(=O)Cc2ccnn2C)CCC/C=C/[C@H](OC)[C@@H]1C. The zero-order valence-electron chi connectivity index (χ0n) is 29.4. The largest absolute Gasteiger partial charge is 0.490 e. The molecule has 2 aliphatic heterocycles. The van der Waals surface area contributed by atoms with Crippen molar-refractivity contribution in [3.05, 3.63) is 88.2 Å². The molecule has 2 amide bonds. The lowest BCUT2D eigenvalue weighted by Crippen LogP contribution is -2.47. The number of hydrogen-bond acceptors (Lipinski definition) is 7. The average molecular weight is 722 g/mol. The number of hydrogen-bond donors (Lipinski definition) is 1. The molecule has 0 radical (unpaired) electrons. The highest BCUT2D eigenvalue weighted by Crippen LogP contribution is 2.45. The Morgan fingerprint density at radius 3 is 2.80 bits per heavy atom. The van der Waals surface area contributed by atoms with Gasteiger partial charge in [0.2, 0.25) is 5.91 Å².